The molecule has 1 atom stereocenters. The van der Waals surface area contributed by atoms with Crippen LogP contribution in [0.15, 0.2) is 24.3 Å². The molecule has 0 unspecified atom stereocenters. The lowest BCUT2D eigenvalue weighted by Gasteiger charge is -2.21. The molecular formula is C13H16ClNO3. The molecule has 0 radical (unpaired) electrons. The highest BCUT2D eigenvalue weighted by Gasteiger charge is 2.29. The Morgan fingerprint density at radius 1 is 1.50 bits per heavy atom. The highest BCUT2D eigenvalue weighted by Crippen LogP contribution is 2.23. The van der Waals surface area contributed by atoms with E-state index in [9.17, 15) is 4.79 Å². The summed E-state index contributed by atoms with van der Waals surface area (Å²) in [7, 11) is 0. The van der Waals surface area contributed by atoms with Crippen LogP contribution in [0.3, 0.4) is 0 Å². The number of rotatable bonds is 5. The highest BCUT2D eigenvalue weighted by molar-refractivity contribution is 6.32. The Labute approximate surface area is 111 Å². The third-order valence-corrected chi connectivity index (χ3v) is 3.43. The zero-order valence-electron chi connectivity index (χ0n) is 10.0. The average Bonchev–Trinajstić information content (AvgIpc) is 2.80. The van der Waals surface area contributed by atoms with Gasteiger partial charge in [-0.15, -0.1) is 0 Å². The second-order valence-corrected chi connectivity index (χ2v) is 4.72. The Balaban J connectivity index is 1.82. The Morgan fingerprint density at radius 2 is 2.28 bits per heavy atom. The van der Waals surface area contributed by atoms with E-state index in [4.69, 9.17) is 21.4 Å². The quantitative estimate of drug-likeness (QED) is 0.891. The van der Waals surface area contributed by atoms with E-state index in [1.807, 2.05) is 17.0 Å². The number of carbonyl (C=O) groups is 1. The molecule has 4 nitrogen and oxygen atoms in total. The lowest BCUT2D eigenvalue weighted by atomic mass is 10.2. The SMILES string of the molecule is O=C(O)[C@@H]1CCCN1CCOc1ccccc1Cl. The monoisotopic (exact) mass is 269 g/mol. The van der Waals surface area contributed by atoms with Crippen molar-refractivity contribution in [3.63, 3.8) is 0 Å². The second kappa shape index (κ2) is 6.07. The van der Waals surface area contributed by atoms with Gasteiger partial charge in [-0.1, -0.05) is 23.7 Å². The van der Waals surface area contributed by atoms with Crippen LogP contribution in [0.1, 0.15) is 12.8 Å². The topological polar surface area (TPSA) is 49.8 Å². The number of aliphatic carboxylic acids is 1. The number of benzene rings is 1. The molecule has 0 saturated carbocycles. The molecule has 2 rings (SSSR count). The summed E-state index contributed by atoms with van der Waals surface area (Å²) in [6.07, 6.45) is 1.66. The van der Waals surface area contributed by atoms with Crippen LogP contribution < -0.4 is 4.74 Å². The maximum absolute atomic E-state index is 11.0. The van der Waals surface area contributed by atoms with Crippen molar-refractivity contribution in [3.05, 3.63) is 29.3 Å². The van der Waals surface area contributed by atoms with Gasteiger partial charge in [-0.05, 0) is 31.5 Å². The fourth-order valence-electron chi connectivity index (χ4n) is 2.21. The van der Waals surface area contributed by atoms with E-state index in [1.165, 1.54) is 0 Å². The van der Waals surface area contributed by atoms with Gasteiger partial charge < -0.3 is 9.84 Å². The van der Waals surface area contributed by atoms with Crippen LogP contribution in [-0.2, 0) is 4.79 Å². The van der Waals surface area contributed by atoms with E-state index in [0.29, 0.717) is 23.9 Å². The molecule has 1 aliphatic heterocycles. The molecule has 1 fully saturated rings. The first-order chi connectivity index (χ1) is 8.68. The van der Waals surface area contributed by atoms with Gasteiger partial charge in [0.1, 0.15) is 18.4 Å². The molecule has 1 aromatic rings. The van der Waals surface area contributed by atoms with Crippen molar-refractivity contribution in [3.8, 4) is 5.75 Å². The number of halogens is 1. The van der Waals surface area contributed by atoms with Gasteiger partial charge in [0, 0.05) is 6.54 Å². The second-order valence-electron chi connectivity index (χ2n) is 4.31. The molecule has 1 aromatic carbocycles. The van der Waals surface area contributed by atoms with Crippen LogP contribution in [0.5, 0.6) is 5.75 Å². The molecule has 98 valence electrons. The summed E-state index contributed by atoms with van der Waals surface area (Å²) in [6, 6.07) is 6.92. The van der Waals surface area contributed by atoms with Crippen molar-refractivity contribution < 1.29 is 14.6 Å². The molecule has 5 heteroatoms. The van der Waals surface area contributed by atoms with Gasteiger partial charge >= 0.3 is 5.97 Å². The van der Waals surface area contributed by atoms with Crippen LogP contribution in [0.25, 0.3) is 0 Å². The first-order valence-corrected chi connectivity index (χ1v) is 6.40. The van der Waals surface area contributed by atoms with Gasteiger partial charge in [-0.3, -0.25) is 9.69 Å². The smallest absolute Gasteiger partial charge is 0.320 e. The summed E-state index contributed by atoms with van der Waals surface area (Å²) in [5.74, 6) is -0.101. The summed E-state index contributed by atoms with van der Waals surface area (Å²) in [5, 5.41) is 9.62. The van der Waals surface area contributed by atoms with Crippen LogP contribution in [0.2, 0.25) is 5.02 Å². The van der Waals surface area contributed by atoms with Crippen molar-refractivity contribution in [2.75, 3.05) is 19.7 Å². The molecular weight excluding hydrogens is 254 g/mol. The van der Waals surface area contributed by atoms with E-state index in [2.05, 4.69) is 0 Å². The van der Waals surface area contributed by atoms with E-state index in [1.54, 1.807) is 12.1 Å². The van der Waals surface area contributed by atoms with Crippen LogP contribution in [0.4, 0.5) is 0 Å². The molecule has 0 amide bonds. The maximum atomic E-state index is 11.0. The van der Waals surface area contributed by atoms with E-state index in [-0.39, 0.29) is 6.04 Å². The van der Waals surface area contributed by atoms with Crippen molar-refractivity contribution in [2.24, 2.45) is 0 Å². The molecule has 18 heavy (non-hydrogen) atoms. The highest BCUT2D eigenvalue weighted by atomic mass is 35.5. The third kappa shape index (κ3) is 3.15. The summed E-state index contributed by atoms with van der Waals surface area (Å²) in [6.45, 7) is 1.89. The Bertz CT molecular complexity index is 424. The predicted molar refractivity (Wildman–Crippen MR) is 69.2 cm³/mol. The minimum absolute atomic E-state index is 0.361. The first kappa shape index (κ1) is 13.2. The lowest BCUT2D eigenvalue weighted by molar-refractivity contribution is -0.142. The summed E-state index contributed by atoms with van der Waals surface area (Å²) in [5.41, 5.74) is 0. The van der Waals surface area contributed by atoms with Gasteiger partial charge in [0.2, 0.25) is 0 Å². The maximum Gasteiger partial charge on any atom is 0.320 e. The van der Waals surface area contributed by atoms with Gasteiger partial charge in [0.15, 0.2) is 0 Å². The molecule has 1 N–H and O–H groups in total. The first-order valence-electron chi connectivity index (χ1n) is 6.02. The normalized spacial score (nSPS) is 19.9. The standard InChI is InChI=1S/C13H16ClNO3/c14-10-4-1-2-6-12(10)18-9-8-15-7-3-5-11(15)13(16)17/h1-2,4,6,11H,3,5,7-9H2,(H,16,17)/t11-/m0/s1. The zero-order chi connectivity index (χ0) is 13.0. The summed E-state index contributed by atoms with van der Waals surface area (Å²) < 4.78 is 5.56. The van der Waals surface area contributed by atoms with Crippen LogP contribution in [-0.4, -0.2) is 41.7 Å². The Morgan fingerprint density at radius 3 is 3.00 bits per heavy atom. The van der Waals surface area contributed by atoms with E-state index < -0.39 is 5.97 Å². The molecule has 1 heterocycles. The molecule has 0 bridgehead atoms. The minimum Gasteiger partial charge on any atom is -0.491 e. The zero-order valence-corrected chi connectivity index (χ0v) is 10.8. The largest absolute Gasteiger partial charge is 0.491 e. The molecule has 1 saturated heterocycles. The number of hydrogen-bond acceptors (Lipinski definition) is 3. The van der Waals surface area contributed by atoms with Crippen LogP contribution in [0, 0.1) is 0 Å². The molecule has 0 aliphatic carbocycles. The molecule has 0 aromatic heterocycles. The van der Waals surface area contributed by atoms with Gasteiger partial charge in [-0.25, -0.2) is 0 Å². The average molecular weight is 270 g/mol. The number of nitrogens with zero attached hydrogens (tertiary/aromatic N) is 1. The fraction of sp³-hybridized carbons (Fsp3) is 0.462. The lowest BCUT2D eigenvalue weighted by Crippen LogP contribution is -2.38. The van der Waals surface area contributed by atoms with Crippen molar-refractivity contribution >= 4 is 17.6 Å². The van der Waals surface area contributed by atoms with Gasteiger partial charge in [0.05, 0.1) is 5.02 Å². The number of likely N-dealkylation sites (tertiary alicyclic amines) is 1. The van der Waals surface area contributed by atoms with Gasteiger partial charge in [-0.2, -0.15) is 0 Å². The van der Waals surface area contributed by atoms with Crippen molar-refractivity contribution in [1.29, 1.82) is 0 Å². The summed E-state index contributed by atoms with van der Waals surface area (Å²) >= 11 is 5.97. The molecule has 1 aliphatic rings. The number of ether oxygens (including phenoxy) is 1. The number of para-hydroxylation sites is 1. The third-order valence-electron chi connectivity index (χ3n) is 3.12. The Hall–Kier alpha value is -1.26. The van der Waals surface area contributed by atoms with Crippen molar-refractivity contribution in [1.82, 2.24) is 4.90 Å². The fourth-order valence-corrected chi connectivity index (χ4v) is 2.40. The Kier molecular flexibility index (Phi) is 4.44. The van der Waals surface area contributed by atoms with Gasteiger partial charge in [0.25, 0.3) is 0 Å². The number of hydrogen-bond donors (Lipinski definition) is 1. The van der Waals surface area contributed by atoms with Crippen LogP contribution >= 0.6 is 11.6 Å². The molecule has 0 spiro atoms. The predicted octanol–water partition coefficient (Wildman–Crippen LogP) is 2.27. The van der Waals surface area contributed by atoms with Crippen molar-refractivity contribution in [2.45, 2.75) is 18.9 Å². The number of carboxylic acid groups (broad SMARTS) is 1. The van der Waals surface area contributed by atoms with E-state index in [0.717, 1.165) is 19.4 Å². The van der Waals surface area contributed by atoms with E-state index >= 15 is 0 Å². The minimum atomic E-state index is -0.745. The number of carboxylic acids is 1. The summed E-state index contributed by atoms with van der Waals surface area (Å²) in [4.78, 5) is 12.9.